The molecule has 0 radical (unpaired) electrons. The Kier molecular flexibility index (Phi) is 5.78. The van der Waals surface area contributed by atoms with Crippen molar-refractivity contribution in [1.82, 2.24) is 9.97 Å². The predicted molar refractivity (Wildman–Crippen MR) is 108 cm³/mol. The Morgan fingerprint density at radius 2 is 2.15 bits per heavy atom. The van der Waals surface area contributed by atoms with Crippen molar-refractivity contribution in [2.24, 2.45) is 5.14 Å². The van der Waals surface area contributed by atoms with Crippen molar-refractivity contribution >= 4 is 40.6 Å². The van der Waals surface area contributed by atoms with E-state index in [1.54, 1.807) is 11.3 Å². The first-order valence-corrected chi connectivity index (χ1v) is 10.7. The summed E-state index contributed by atoms with van der Waals surface area (Å²) in [5, 5.41) is 11.3. The number of thiazole rings is 1. The Balaban J connectivity index is 1.40. The van der Waals surface area contributed by atoms with E-state index < -0.39 is 0 Å². The number of anilines is 3. The topological polar surface area (TPSA) is 79.5 Å². The molecule has 26 heavy (non-hydrogen) atoms. The maximum absolute atomic E-state index is 5.61. The van der Waals surface area contributed by atoms with Gasteiger partial charge in [-0.25, -0.2) is 9.97 Å². The molecule has 0 bridgehead atoms. The van der Waals surface area contributed by atoms with Gasteiger partial charge < -0.3 is 19.9 Å². The van der Waals surface area contributed by atoms with Crippen LogP contribution in [-0.4, -0.2) is 55.4 Å². The minimum Gasteiger partial charge on any atom is -0.378 e. The number of aromatic nitrogens is 2. The van der Waals surface area contributed by atoms with E-state index in [4.69, 9.17) is 9.88 Å². The maximum atomic E-state index is 5.61. The fourth-order valence-electron chi connectivity index (χ4n) is 3.48. The lowest BCUT2D eigenvalue weighted by atomic mass is 10.1. The Morgan fingerprint density at radius 1 is 1.27 bits per heavy atom. The van der Waals surface area contributed by atoms with Crippen LogP contribution in [0.25, 0.3) is 0 Å². The maximum Gasteiger partial charge on any atom is 0.167 e. The van der Waals surface area contributed by atoms with Gasteiger partial charge in [0.1, 0.15) is 11.6 Å². The monoisotopic (exact) mass is 392 g/mol. The van der Waals surface area contributed by atoms with Crippen molar-refractivity contribution in [2.45, 2.75) is 23.2 Å². The molecule has 2 saturated heterocycles. The van der Waals surface area contributed by atoms with Crippen molar-refractivity contribution in [2.75, 3.05) is 54.5 Å². The van der Waals surface area contributed by atoms with Gasteiger partial charge in [0.25, 0.3) is 0 Å². The summed E-state index contributed by atoms with van der Waals surface area (Å²) in [6.45, 7) is 5.43. The molecule has 1 atom stereocenters. The van der Waals surface area contributed by atoms with Crippen LogP contribution in [0, 0.1) is 0 Å². The lowest BCUT2D eigenvalue weighted by molar-refractivity contribution is 0.122. The van der Waals surface area contributed by atoms with Gasteiger partial charge in [-0.1, -0.05) is 0 Å². The van der Waals surface area contributed by atoms with Gasteiger partial charge in [-0.3, -0.25) is 5.14 Å². The first-order chi connectivity index (χ1) is 12.8. The van der Waals surface area contributed by atoms with Gasteiger partial charge in [-0.15, -0.1) is 11.3 Å². The molecule has 2 aliphatic heterocycles. The number of hydrogen-bond acceptors (Lipinski definition) is 9. The van der Waals surface area contributed by atoms with Crippen LogP contribution >= 0.6 is 23.3 Å². The Hall–Kier alpha value is -1.55. The summed E-state index contributed by atoms with van der Waals surface area (Å²) in [4.78, 5) is 13.8. The molecule has 1 unspecified atom stereocenters. The number of rotatable bonds is 5. The molecule has 9 heteroatoms. The molecule has 2 aliphatic rings. The second-order valence-electron chi connectivity index (χ2n) is 6.52. The summed E-state index contributed by atoms with van der Waals surface area (Å²) < 4.78 is 6.36. The molecule has 2 aromatic rings. The number of nitrogens with zero attached hydrogens (tertiary/aromatic N) is 4. The summed E-state index contributed by atoms with van der Waals surface area (Å²) in [5.41, 5.74) is 1.21. The molecule has 2 fully saturated rings. The van der Waals surface area contributed by atoms with Crippen LogP contribution in [0.15, 0.2) is 28.0 Å². The third-order valence-electron chi connectivity index (χ3n) is 4.79. The average molecular weight is 393 g/mol. The molecule has 0 aromatic carbocycles. The standard InChI is InChI=1S/C17H24N6OS2/c18-26-17-21-16(12-25-17)23-5-1-2-13(11-23)20-15-10-14(3-4-19-15)22-6-8-24-9-7-22/h3-4,10,12-13H,1-2,5-9,11,18H2,(H,19,20). The van der Waals surface area contributed by atoms with Crippen LogP contribution in [0.3, 0.4) is 0 Å². The number of hydrogen-bond donors (Lipinski definition) is 2. The molecule has 4 heterocycles. The smallest absolute Gasteiger partial charge is 0.167 e. The fraction of sp³-hybridized carbons (Fsp3) is 0.529. The molecule has 2 aromatic heterocycles. The van der Waals surface area contributed by atoms with E-state index in [-0.39, 0.29) is 0 Å². The van der Waals surface area contributed by atoms with Gasteiger partial charge in [0, 0.05) is 55.6 Å². The van der Waals surface area contributed by atoms with E-state index in [2.05, 4.69) is 42.6 Å². The summed E-state index contributed by atoms with van der Waals surface area (Å²) in [6, 6.07) is 4.59. The van der Waals surface area contributed by atoms with E-state index in [1.807, 2.05) is 6.20 Å². The number of pyridine rings is 1. The zero-order chi connectivity index (χ0) is 17.8. The highest BCUT2D eigenvalue weighted by Gasteiger charge is 2.22. The third-order valence-corrected chi connectivity index (χ3v) is 6.28. The minimum atomic E-state index is 0.367. The number of morpholine rings is 1. The predicted octanol–water partition coefficient (Wildman–Crippen LogP) is 2.42. The highest BCUT2D eigenvalue weighted by atomic mass is 32.2. The van der Waals surface area contributed by atoms with E-state index in [1.165, 1.54) is 17.6 Å². The number of ether oxygens (including phenoxy) is 1. The summed E-state index contributed by atoms with van der Waals surface area (Å²) in [5.74, 6) is 1.97. The molecule has 7 nitrogen and oxygen atoms in total. The van der Waals surface area contributed by atoms with Crippen molar-refractivity contribution in [3.8, 4) is 0 Å². The lowest BCUT2D eigenvalue weighted by Gasteiger charge is -2.34. The van der Waals surface area contributed by atoms with E-state index in [0.29, 0.717) is 6.04 Å². The molecule has 0 spiro atoms. The fourth-order valence-corrected chi connectivity index (χ4v) is 4.54. The third kappa shape index (κ3) is 4.22. The van der Waals surface area contributed by atoms with Gasteiger partial charge in [-0.05, 0) is 30.9 Å². The average Bonchev–Trinajstić information content (AvgIpc) is 3.19. The Labute approximate surface area is 162 Å². The Morgan fingerprint density at radius 3 is 2.96 bits per heavy atom. The number of nitrogens with one attached hydrogen (secondary N) is 1. The van der Waals surface area contributed by atoms with E-state index in [0.717, 1.165) is 68.2 Å². The number of piperidine rings is 1. The van der Waals surface area contributed by atoms with Crippen molar-refractivity contribution < 1.29 is 4.74 Å². The quantitative estimate of drug-likeness (QED) is 0.751. The number of nitrogens with two attached hydrogens (primary N) is 1. The van der Waals surface area contributed by atoms with Crippen LogP contribution in [0.2, 0.25) is 0 Å². The van der Waals surface area contributed by atoms with Crippen LogP contribution in [0.4, 0.5) is 17.3 Å². The lowest BCUT2D eigenvalue weighted by Crippen LogP contribution is -2.42. The summed E-state index contributed by atoms with van der Waals surface area (Å²) in [6.07, 6.45) is 4.17. The van der Waals surface area contributed by atoms with Crippen LogP contribution in [-0.2, 0) is 4.74 Å². The zero-order valence-electron chi connectivity index (χ0n) is 14.6. The van der Waals surface area contributed by atoms with E-state index >= 15 is 0 Å². The minimum absolute atomic E-state index is 0.367. The molecule has 0 aliphatic carbocycles. The molecular formula is C17H24N6OS2. The SMILES string of the molecule is NSc1nc(N2CCCC(Nc3cc(N4CCOCC4)ccn3)C2)cs1. The largest absolute Gasteiger partial charge is 0.378 e. The van der Waals surface area contributed by atoms with Gasteiger partial charge in [0.05, 0.1) is 13.2 Å². The molecule has 0 saturated carbocycles. The zero-order valence-corrected chi connectivity index (χ0v) is 16.3. The molecule has 0 amide bonds. The van der Waals surface area contributed by atoms with Crippen LogP contribution in [0.1, 0.15) is 12.8 Å². The Bertz CT molecular complexity index is 721. The first-order valence-electron chi connectivity index (χ1n) is 8.94. The van der Waals surface area contributed by atoms with Crippen LogP contribution in [0.5, 0.6) is 0 Å². The highest BCUT2D eigenvalue weighted by molar-refractivity contribution is 7.98. The van der Waals surface area contributed by atoms with Crippen molar-refractivity contribution in [1.29, 1.82) is 0 Å². The molecule has 140 valence electrons. The van der Waals surface area contributed by atoms with Crippen molar-refractivity contribution in [3.63, 3.8) is 0 Å². The second kappa shape index (κ2) is 8.43. The molecule has 4 rings (SSSR count). The molecule has 3 N–H and O–H groups in total. The first kappa shape index (κ1) is 17.8. The summed E-state index contributed by atoms with van der Waals surface area (Å²) >= 11 is 2.82. The van der Waals surface area contributed by atoms with E-state index in [9.17, 15) is 0 Å². The normalized spacial score (nSPS) is 21.0. The van der Waals surface area contributed by atoms with Gasteiger partial charge >= 0.3 is 0 Å². The van der Waals surface area contributed by atoms with Crippen molar-refractivity contribution in [3.05, 3.63) is 23.7 Å². The van der Waals surface area contributed by atoms with Crippen LogP contribution < -0.4 is 20.3 Å². The summed E-state index contributed by atoms with van der Waals surface area (Å²) in [7, 11) is 0. The van der Waals surface area contributed by atoms with Gasteiger partial charge in [0.2, 0.25) is 0 Å². The van der Waals surface area contributed by atoms with Gasteiger partial charge in [0.15, 0.2) is 4.34 Å². The highest BCUT2D eigenvalue weighted by Crippen LogP contribution is 2.27. The van der Waals surface area contributed by atoms with Gasteiger partial charge in [-0.2, -0.15) is 0 Å². The molecular weight excluding hydrogens is 368 g/mol. The second-order valence-corrected chi connectivity index (χ2v) is 8.26.